The number of ketones is 1. The Hall–Kier alpha value is -1.73. The van der Waals surface area contributed by atoms with Gasteiger partial charge in [-0.15, -0.1) is 0 Å². The molecular formula is C17H24N2O4S. The largest absolute Gasteiger partial charge is 0.368 e. The van der Waals surface area contributed by atoms with Crippen LogP contribution in [0.15, 0.2) is 16.8 Å². The van der Waals surface area contributed by atoms with Crippen molar-refractivity contribution in [3.63, 3.8) is 0 Å². The maximum atomic E-state index is 12.6. The number of nitrogens with one attached hydrogen (secondary N) is 2. The molecular weight excluding hydrogens is 328 g/mol. The van der Waals surface area contributed by atoms with Crippen molar-refractivity contribution in [2.75, 3.05) is 6.61 Å². The zero-order chi connectivity index (χ0) is 17.7. The van der Waals surface area contributed by atoms with Crippen LogP contribution in [0.1, 0.15) is 44.0 Å². The average molecular weight is 352 g/mol. The molecule has 1 fully saturated rings. The average Bonchev–Trinajstić information content (AvgIpc) is 3.16. The van der Waals surface area contributed by atoms with E-state index in [2.05, 4.69) is 24.5 Å². The van der Waals surface area contributed by atoms with E-state index in [0.29, 0.717) is 17.9 Å². The van der Waals surface area contributed by atoms with Gasteiger partial charge in [0.2, 0.25) is 5.91 Å². The summed E-state index contributed by atoms with van der Waals surface area (Å²) in [5, 5.41) is 9.06. The second-order valence-corrected chi connectivity index (χ2v) is 7.26. The van der Waals surface area contributed by atoms with Crippen LogP contribution in [0.2, 0.25) is 0 Å². The molecule has 0 aliphatic carbocycles. The Labute approximate surface area is 146 Å². The molecule has 6 nitrogen and oxygen atoms in total. The third-order valence-electron chi connectivity index (χ3n) is 4.04. The fraction of sp³-hybridized carbons (Fsp3) is 0.588. The molecule has 0 bridgehead atoms. The van der Waals surface area contributed by atoms with E-state index in [-0.39, 0.29) is 30.3 Å². The first-order chi connectivity index (χ1) is 11.4. The summed E-state index contributed by atoms with van der Waals surface area (Å²) in [7, 11) is 0. The van der Waals surface area contributed by atoms with Crippen LogP contribution < -0.4 is 10.6 Å². The van der Waals surface area contributed by atoms with Crippen LogP contribution in [-0.4, -0.2) is 42.4 Å². The SMILES string of the molecule is CC(C)CC[C@H](NC(=O)c1ccsc1)C(=O)N[C@@H]1C(=O)CO[C@H]1C. The number of thiophene rings is 1. The molecule has 0 radical (unpaired) electrons. The zero-order valence-corrected chi connectivity index (χ0v) is 15.0. The van der Waals surface area contributed by atoms with Crippen LogP contribution in [0.25, 0.3) is 0 Å². The first-order valence-corrected chi connectivity index (χ1v) is 9.10. The first kappa shape index (κ1) is 18.6. The van der Waals surface area contributed by atoms with Crippen LogP contribution in [-0.2, 0) is 14.3 Å². The normalized spacial score (nSPS) is 21.8. The molecule has 1 aliphatic rings. The number of carbonyl (C=O) groups is 3. The van der Waals surface area contributed by atoms with Gasteiger partial charge in [0, 0.05) is 5.38 Å². The lowest BCUT2D eigenvalue weighted by Crippen LogP contribution is -2.53. The highest BCUT2D eigenvalue weighted by Gasteiger charge is 2.35. The van der Waals surface area contributed by atoms with Crippen molar-refractivity contribution in [3.05, 3.63) is 22.4 Å². The molecule has 2 heterocycles. The fourth-order valence-electron chi connectivity index (χ4n) is 2.52. The van der Waals surface area contributed by atoms with Crippen LogP contribution >= 0.6 is 11.3 Å². The smallest absolute Gasteiger partial charge is 0.252 e. The monoisotopic (exact) mass is 352 g/mol. The summed E-state index contributed by atoms with van der Waals surface area (Å²) in [6, 6.07) is 0.408. The summed E-state index contributed by atoms with van der Waals surface area (Å²) >= 11 is 1.43. The number of rotatable bonds is 7. The van der Waals surface area contributed by atoms with Crippen molar-refractivity contribution in [2.24, 2.45) is 5.92 Å². The predicted octanol–water partition coefficient (Wildman–Crippen LogP) is 1.76. The van der Waals surface area contributed by atoms with Gasteiger partial charge in [0.05, 0.1) is 11.7 Å². The van der Waals surface area contributed by atoms with E-state index < -0.39 is 12.1 Å². The quantitative estimate of drug-likeness (QED) is 0.783. The molecule has 1 aliphatic heterocycles. The number of ether oxygens (including phenoxy) is 1. The predicted molar refractivity (Wildman–Crippen MR) is 92.0 cm³/mol. The van der Waals surface area contributed by atoms with Crippen LogP contribution in [0.5, 0.6) is 0 Å². The van der Waals surface area contributed by atoms with Crippen molar-refractivity contribution in [1.82, 2.24) is 10.6 Å². The highest BCUT2D eigenvalue weighted by Crippen LogP contribution is 2.13. The van der Waals surface area contributed by atoms with Gasteiger partial charge in [-0.1, -0.05) is 13.8 Å². The van der Waals surface area contributed by atoms with Crippen molar-refractivity contribution in [1.29, 1.82) is 0 Å². The third kappa shape index (κ3) is 4.88. The van der Waals surface area contributed by atoms with E-state index in [0.717, 1.165) is 6.42 Å². The molecule has 2 amide bonds. The van der Waals surface area contributed by atoms with E-state index in [9.17, 15) is 14.4 Å². The summed E-state index contributed by atoms with van der Waals surface area (Å²) in [4.78, 5) is 36.6. The molecule has 0 unspecified atom stereocenters. The number of amides is 2. The summed E-state index contributed by atoms with van der Waals surface area (Å²) < 4.78 is 5.25. The Morgan fingerprint density at radius 2 is 2.12 bits per heavy atom. The molecule has 2 rings (SSSR count). The molecule has 24 heavy (non-hydrogen) atoms. The Bertz CT molecular complexity index is 585. The molecule has 1 saturated heterocycles. The summed E-state index contributed by atoms with van der Waals surface area (Å²) in [6.45, 7) is 5.89. The fourth-order valence-corrected chi connectivity index (χ4v) is 3.15. The van der Waals surface area contributed by atoms with Crippen LogP contribution in [0.3, 0.4) is 0 Å². The summed E-state index contributed by atoms with van der Waals surface area (Å²) in [5.41, 5.74) is 0.538. The van der Waals surface area contributed by atoms with Gasteiger partial charge >= 0.3 is 0 Å². The minimum atomic E-state index is -0.666. The molecule has 0 spiro atoms. The third-order valence-corrected chi connectivity index (χ3v) is 4.72. The van der Waals surface area contributed by atoms with Gasteiger partial charge in [0.25, 0.3) is 5.91 Å². The number of Topliss-reactive ketones (excluding diaryl/α,β-unsaturated/α-hetero) is 1. The Kier molecular flexibility index (Phi) is 6.51. The minimum absolute atomic E-state index is 0.0179. The van der Waals surface area contributed by atoms with Crippen molar-refractivity contribution < 1.29 is 19.1 Å². The summed E-state index contributed by atoms with van der Waals surface area (Å²) in [5.74, 6) is -0.339. The van der Waals surface area contributed by atoms with E-state index in [1.165, 1.54) is 11.3 Å². The Morgan fingerprint density at radius 3 is 2.67 bits per heavy atom. The van der Waals surface area contributed by atoms with E-state index in [1.54, 1.807) is 18.4 Å². The number of hydrogen-bond donors (Lipinski definition) is 2. The molecule has 0 saturated carbocycles. The van der Waals surface area contributed by atoms with Gasteiger partial charge in [-0.2, -0.15) is 11.3 Å². The minimum Gasteiger partial charge on any atom is -0.368 e. The summed E-state index contributed by atoms with van der Waals surface area (Å²) in [6.07, 6.45) is 0.974. The van der Waals surface area contributed by atoms with E-state index in [1.807, 2.05) is 5.38 Å². The zero-order valence-electron chi connectivity index (χ0n) is 14.2. The van der Waals surface area contributed by atoms with Crippen LogP contribution in [0, 0.1) is 5.92 Å². The van der Waals surface area contributed by atoms with Gasteiger partial charge in [0.1, 0.15) is 18.7 Å². The maximum Gasteiger partial charge on any atom is 0.252 e. The second-order valence-electron chi connectivity index (χ2n) is 6.48. The van der Waals surface area contributed by atoms with Crippen LogP contribution in [0.4, 0.5) is 0 Å². The first-order valence-electron chi connectivity index (χ1n) is 8.16. The van der Waals surface area contributed by atoms with Gasteiger partial charge in [-0.05, 0) is 37.1 Å². The molecule has 1 aromatic heterocycles. The molecule has 0 aromatic carbocycles. The van der Waals surface area contributed by atoms with Crippen molar-refractivity contribution >= 4 is 28.9 Å². The molecule has 1 aromatic rings. The second kappa shape index (κ2) is 8.39. The lowest BCUT2D eigenvalue weighted by Gasteiger charge is -2.22. The van der Waals surface area contributed by atoms with E-state index >= 15 is 0 Å². The molecule has 132 valence electrons. The van der Waals surface area contributed by atoms with Gasteiger partial charge < -0.3 is 15.4 Å². The maximum absolute atomic E-state index is 12.6. The lowest BCUT2D eigenvalue weighted by molar-refractivity contribution is -0.127. The molecule has 2 N–H and O–H groups in total. The van der Waals surface area contributed by atoms with Gasteiger partial charge in [0.15, 0.2) is 5.78 Å². The number of hydrogen-bond acceptors (Lipinski definition) is 5. The van der Waals surface area contributed by atoms with E-state index in [4.69, 9.17) is 4.74 Å². The molecule has 3 atom stereocenters. The van der Waals surface area contributed by atoms with Gasteiger partial charge in [-0.25, -0.2) is 0 Å². The molecule has 7 heteroatoms. The van der Waals surface area contributed by atoms with Crippen molar-refractivity contribution in [3.8, 4) is 0 Å². The highest BCUT2D eigenvalue weighted by molar-refractivity contribution is 7.08. The number of carbonyl (C=O) groups excluding carboxylic acids is 3. The Morgan fingerprint density at radius 1 is 1.38 bits per heavy atom. The topological polar surface area (TPSA) is 84.5 Å². The standard InChI is InChI=1S/C17H24N2O4S/c1-10(2)4-5-13(18-16(21)12-6-7-24-9-12)17(22)19-15-11(3)23-8-14(15)20/h6-7,9-11,13,15H,4-5,8H2,1-3H3,(H,18,21)(H,19,22)/t11-,13-,15-/m0/s1. The Balaban J connectivity index is 2.02. The van der Waals surface area contributed by atoms with Gasteiger partial charge in [-0.3, -0.25) is 14.4 Å². The van der Waals surface area contributed by atoms with Crippen molar-refractivity contribution in [2.45, 2.75) is 51.8 Å². The lowest BCUT2D eigenvalue weighted by atomic mass is 10.0. The highest BCUT2D eigenvalue weighted by atomic mass is 32.1.